The zero-order chi connectivity index (χ0) is 10.2. The van der Waals surface area contributed by atoms with Gasteiger partial charge in [0.2, 0.25) is 0 Å². The lowest BCUT2D eigenvalue weighted by Gasteiger charge is -2.13. The maximum Gasteiger partial charge on any atom is 0.282 e. The normalized spacial score (nSPS) is 12.0. The first-order valence-corrected chi connectivity index (χ1v) is 4.82. The van der Waals surface area contributed by atoms with E-state index in [0.717, 1.165) is 25.7 Å². The Labute approximate surface area is 78.3 Å². The van der Waals surface area contributed by atoms with Gasteiger partial charge in [0.15, 0.2) is 0 Å². The average molecular weight is 195 g/mol. The first-order valence-electron chi connectivity index (χ1n) is 4.82. The SMILES string of the molecule is CCCCCCNCC(F)(F)CO. The molecule has 80 valence electrons. The van der Waals surface area contributed by atoms with E-state index >= 15 is 0 Å². The third kappa shape index (κ3) is 8.12. The van der Waals surface area contributed by atoms with Gasteiger partial charge >= 0.3 is 0 Å². The minimum Gasteiger partial charge on any atom is -0.390 e. The summed E-state index contributed by atoms with van der Waals surface area (Å²) >= 11 is 0. The van der Waals surface area contributed by atoms with Crippen LogP contribution in [0.25, 0.3) is 0 Å². The van der Waals surface area contributed by atoms with Crippen LogP contribution >= 0.6 is 0 Å². The molecule has 0 radical (unpaired) electrons. The molecule has 13 heavy (non-hydrogen) atoms. The fourth-order valence-electron chi connectivity index (χ4n) is 1.00. The van der Waals surface area contributed by atoms with Crippen LogP contribution in [-0.2, 0) is 0 Å². The molecule has 0 bridgehead atoms. The van der Waals surface area contributed by atoms with Crippen LogP contribution in [0.3, 0.4) is 0 Å². The molecule has 2 nitrogen and oxygen atoms in total. The van der Waals surface area contributed by atoms with Gasteiger partial charge in [0.1, 0.15) is 6.61 Å². The third-order valence-corrected chi connectivity index (χ3v) is 1.82. The first kappa shape index (κ1) is 12.8. The van der Waals surface area contributed by atoms with E-state index in [0.29, 0.717) is 6.54 Å². The summed E-state index contributed by atoms with van der Waals surface area (Å²) in [7, 11) is 0. The van der Waals surface area contributed by atoms with E-state index in [1.807, 2.05) is 0 Å². The summed E-state index contributed by atoms with van der Waals surface area (Å²) in [5, 5.41) is 10.9. The van der Waals surface area contributed by atoms with E-state index in [1.165, 1.54) is 0 Å². The third-order valence-electron chi connectivity index (χ3n) is 1.82. The highest BCUT2D eigenvalue weighted by molar-refractivity contribution is 4.67. The second kappa shape index (κ2) is 7.21. The zero-order valence-electron chi connectivity index (χ0n) is 8.15. The van der Waals surface area contributed by atoms with Gasteiger partial charge in [-0.25, -0.2) is 8.78 Å². The van der Waals surface area contributed by atoms with Crippen molar-refractivity contribution in [2.45, 2.75) is 38.5 Å². The molecule has 0 aliphatic rings. The Hall–Kier alpha value is -0.220. The fraction of sp³-hybridized carbons (Fsp3) is 1.00. The highest BCUT2D eigenvalue weighted by Gasteiger charge is 2.26. The number of alkyl halides is 2. The summed E-state index contributed by atoms with van der Waals surface area (Å²) in [5.74, 6) is -2.97. The molecule has 0 aliphatic heterocycles. The Morgan fingerprint density at radius 2 is 1.92 bits per heavy atom. The highest BCUT2D eigenvalue weighted by Crippen LogP contribution is 2.09. The number of hydrogen-bond acceptors (Lipinski definition) is 2. The van der Waals surface area contributed by atoms with Crippen molar-refractivity contribution in [3.05, 3.63) is 0 Å². The molecule has 0 aromatic heterocycles. The second-order valence-electron chi connectivity index (χ2n) is 3.25. The van der Waals surface area contributed by atoms with Gasteiger partial charge in [-0.2, -0.15) is 0 Å². The number of rotatable bonds is 8. The lowest BCUT2D eigenvalue weighted by atomic mass is 10.2. The summed E-state index contributed by atoms with van der Waals surface area (Å²) < 4.78 is 24.8. The molecule has 0 aliphatic carbocycles. The quantitative estimate of drug-likeness (QED) is 0.579. The van der Waals surface area contributed by atoms with Crippen molar-refractivity contribution < 1.29 is 13.9 Å². The summed E-state index contributed by atoms with van der Waals surface area (Å²) in [6, 6.07) is 0. The van der Waals surface area contributed by atoms with E-state index in [-0.39, 0.29) is 0 Å². The summed E-state index contributed by atoms with van der Waals surface area (Å²) in [6.45, 7) is 1.22. The van der Waals surface area contributed by atoms with Gasteiger partial charge in [-0.15, -0.1) is 0 Å². The summed E-state index contributed by atoms with van der Waals surface area (Å²) in [4.78, 5) is 0. The van der Waals surface area contributed by atoms with Gasteiger partial charge in [0.05, 0.1) is 6.54 Å². The lowest BCUT2D eigenvalue weighted by Crippen LogP contribution is -2.36. The van der Waals surface area contributed by atoms with Crippen molar-refractivity contribution in [3.63, 3.8) is 0 Å². The van der Waals surface area contributed by atoms with E-state index in [9.17, 15) is 8.78 Å². The Bertz CT molecular complexity index is 120. The molecule has 0 saturated heterocycles. The van der Waals surface area contributed by atoms with Crippen LogP contribution in [0.1, 0.15) is 32.6 Å². The molecule has 0 fully saturated rings. The number of halogens is 2. The molecule has 0 spiro atoms. The van der Waals surface area contributed by atoms with Crippen LogP contribution in [0, 0.1) is 0 Å². The van der Waals surface area contributed by atoms with Crippen molar-refractivity contribution in [2.24, 2.45) is 0 Å². The van der Waals surface area contributed by atoms with Crippen molar-refractivity contribution in [2.75, 3.05) is 19.7 Å². The molecule has 0 heterocycles. The largest absolute Gasteiger partial charge is 0.390 e. The van der Waals surface area contributed by atoms with E-state index in [2.05, 4.69) is 12.2 Å². The Morgan fingerprint density at radius 1 is 1.23 bits per heavy atom. The van der Waals surface area contributed by atoms with Crippen LogP contribution in [0.15, 0.2) is 0 Å². The number of hydrogen-bond donors (Lipinski definition) is 2. The van der Waals surface area contributed by atoms with Crippen LogP contribution < -0.4 is 5.32 Å². The lowest BCUT2D eigenvalue weighted by molar-refractivity contribution is -0.0474. The molecule has 4 heteroatoms. The van der Waals surface area contributed by atoms with Crippen LogP contribution in [0.2, 0.25) is 0 Å². The van der Waals surface area contributed by atoms with E-state index in [1.54, 1.807) is 0 Å². The van der Waals surface area contributed by atoms with Gasteiger partial charge in [0, 0.05) is 0 Å². The predicted octanol–water partition coefficient (Wildman–Crippen LogP) is 1.78. The Balaban J connectivity index is 3.16. The first-order chi connectivity index (χ1) is 6.12. The van der Waals surface area contributed by atoms with Crippen LogP contribution in [0.5, 0.6) is 0 Å². The van der Waals surface area contributed by atoms with Crippen LogP contribution in [0.4, 0.5) is 8.78 Å². The van der Waals surface area contributed by atoms with Gasteiger partial charge in [-0.05, 0) is 13.0 Å². The molecule has 0 saturated carbocycles. The molecular weight excluding hydrogens is 176 g/mol. The fourth-order valence-corrected chi connectivity index (χ4v) is 1.00. The molecule has 0 aromatic carbocycles. The molecule has 2 N–H and O–H groups in total. The zero-order valence-corrected chi connectivity index (χ0v) is 8.15. The number of aliphatic hydroxyl groups is 1. The standard InChI is InChI=1S/C9H19F2NO/c1-2-3-4-5-6-12-7-9(10,11)8-13/h12-13H,2-8H2,1H3. The van der Waals surface area contributed by atoms with Gasteiger partial charge in [-0.1, -0.05) is 26.2 Å². The van der Waals surface area contributed by atoms with Gasteiger partial charge in [-0.3, -0.25) is 0 Å². The molecule has 0 aromatic rings. The smallest absolute Gasteiger partial charge is 0.282 e. The van der Waals surface area contributed by atoms with Gasteiger partial charge < -0.3 is 10.4 Å². The molecule has 0 rings (SSSR count). The monoisotopic (exact) mass is 195 g/mol. The minimum atomic E-state index is -2.97. The van der Waals surface area contributed by atoms with Gasteiger partial charge in [0.25, 0.3) is 5.92 Å². The Morgan fingerprint density at radius 3 is 2.46 bits per heavy atom. The van der Waals surface area contributed by atoms with Crippen molar-refractivity contribution >= 4 is 0 Å². The minimum absolute atomic E-state index is 0.421. The predicted molar refractivity (Wildman–Crippen MR) is 49.0 cm³/mol. The number of aliphatic hydroxyl groups excluding tert-OH is 1. The molecular formula is C9H19F2NO. The highest BCUT2D eigenvalue weighted by atomic mass is 19.3. The Kier molecular flexibility index (Phi) is 7.09. The van der Waals surface area contributed by atoms with Crippen LogP contribution in [-0.4, -0.2) is 30.7 Å². The van der Waals surface area contributed by atoms with Crippen molar-refractivity contribution in [1.29, 1.82) is 0 Å². The second-order valence-corrected chi connectivity index (χ2v) is 3.25. The maximum atomic E-state index is 12.4. The molecule has 0 amide bonds. The average Bonchev–Trinajstić information content (AvgIpc) is 2.11. The maximum absolute atomic E-state index is 12.4. The number of unbranched alkanes of at least 4 members (excludes halogenated alkanes) is 3. The summed E-state index contributed by atoms with van der Waals surface area (Å²) in [6.07, 6.45) is 4.30. The van der Waals surface area contributed by atoms with E-state index < -0.39 is 19.1 Å². The van der Waals surface area contributed by atoms with Crippen molar-refractivity contribution in [3.8, 4) is 0 Å². The number of nitrogens with one attached hydrogen (secondary N) is 1. The van der Waals surface area contributed by atoms with E-state index in [4.69, 9.17) is 5.11 Å². The topological polar surface area (TPSA) is 32.3 Å². The molecule has 0 atom stereocenters. The van der Waals surface area contributed by atoms with Crippen molar-refractivity contribution in [1.82, 2.24) is 5.32 Å². The molecule has 0 unspecified atom stereocenters. The summed E-state index contributed by atoms with van der Waals surface area (Å²) in [5.41, 5.74) is 0.